The fourth-order valence-corrected chi connectivity index (χ4v) is 2.10. The second-order valence-electron chi connectivity index (χ2n) is 5.11. The number of aromatic nitrogens is 1. The molecule has 4 nitrogen and oxygen atoms in total. The summed E-state index contributed by atoms with van der Waals surface area (Å²) in [6.45, 7) is 6.35. The number of rotatable bonds is 4. The standard InChI is InChI=1S/C11H19N3OS/c1-11(2,3)7-8(12)6-9(15)14-10-13-4-5-16-10/h4-5,8H,6-7,12H2,1-3H3,(H,13,14,15). The van der Waals surface area contributed by atoms with Gasteiger partial charge in [-0.25, -0.2) is 4.98 Å². The Labute approximate surface area is 100 Å². The minimum absolute atomic E-state index is 0.0632. The van der Waals surface area contributed by atoms with Crippen LogP contribution in [0.15, 0.2) is 11.6 Å². The fraction of sp³-hybridized carbons (Fsp3) is 0.636. The summed E-state index contributed by atoms with van der Waals surface area (Å²) in [7, 11) is 0. The SMILES string of the molecule is CC(C)(C)CC(N)CC(=O)Nc1nccs1. The minimum Gasteiger partial charge on any atom is -0.327 e. The van der Waals surface area contributed by atoms with Crippen LogP contribution in [0.3, 0.4) is 0 Å². The van der Waals surface area contributed by atoms with Gasteiger partial charge in [0.15, 0.2) is 5.13 Å². The van der Waals surface area contributed by atoms with Crippen molar-refractivity contribution in [1.29, 1.82) is 0 Å². The van der Waals surface area contributed by atoms with Gasteiger partial charge in [-0.3, -0.25) is 4.79 Å². The van der Waals surface area contributed by atoms with Gasteiger partial charge in [0, 0.05) is 24.0 Å². The molecule has 1 aromatic rings. The summed E-state index contributed by atoms with van der Waals surface area (Å²) in [5.74, 6) is -0.0632. The Hall–Kier alpha value is -0.940. The highest BCUT2D eigenvalue weighted by Crippen LogP contribution is 2.21. The maximum absolute atomic E-state index is 11.6. The minimum atomic E-state index is -0.0973. The lowest BCUT2D eigenvalue weighted by molar-refractivity contribution is -0.116. The maximum Gasteiger partial charge on any atom is 0.227 e. The molecule has 0 aromatic carbocycles. The quantitative estimate of drug-likeness (QED) is 0.849. The average molecular weight is 241 g/mol. The van der Waals surface area contributed by atoms with E-state index in [1.165, 1.54) is 11.3 Å². The van der Waals surface area contributed by atoms with E-state index in [0.29, 0.717) is 11.6 Å². The molecule has 1 atom stereocenters. The second-order valence-corrected chi connectivity index (χ2v) is 6.01. The fourth-order valence-electron chi connectivity index (χ4n) is 1.55. The monoisotopic (exact) mass is 241 g/mol. The zero-order valence-corrected chi connectivity index (χ0v) is 10.8. The highest BCUT2D eigenvalue weighted by Gasteiger charge is 2.18. The first-order valence-electron chi connectivity index (χ1n) is 5.32. The van der Waals surface area contributed by atoms with E-state index >= 15 is 0 Å². The Bertz CT molecular complexity index is 329. The number of hydrogen-bond acceptors (Lipinski definition) is 4. The molecule has 90 valence electrons. The molecule has 0 saturated carbocycles. The highest BCUT2D eigenvalue weighted by molar-refractivity contribution is 7.13. The Morgan fingerprint density at radius 1 is 1.62 bits per heavy atom. The Morgan fingerprint density at radius 2 is 2.31 bits per heavy atom. The number of nitrogens with one attached hydrogen (secondary N) is 1. The van der Waals surface area contributed by atoms with Crippen LogP contribution in [0.4, 0.5) is 5.13 Å². The second kappa shape index (κ2) is 5.41. The van der Waals surface area contributed by atoms with Crippen LogP contribution in [0.1, 0.15) is 33.6 Å². The number of thiazole rings is 1. The van der Waals surface area contributed by atoms with Crippen LogP contribution in [0.2, 0.25) is 0 Å². The summed E-state index contributed by atoms with van der Waals surface area (Å²) in [5, 5.41) is 5.18. The molecule has 16 heavy (non-hydrogen) atoms. The van der Waals surface area contributed by atoms with Crippen molar-refractivity contribution >= 4 is 22.4 Å². The van der Waals surface area contributed by atoms with Gasteiger partial charge in [-0.05, 0) is 11.8 Å². The normalized spacial score (nSPS) is 13.5. The van der Waals surface area contributed by atoms with Crippen LogP contribution in [0.25, 0.3) is 0 Å². The number of amides is 1. The van der Waals surface area contributed by atoms with Crippen molar-refractivity contribution in [3.63, 3.8) is 0 Å². The first-order chi connectivity index (χ1) is 7.37. The van der Waals surface area contributed by atoms with Gasteiger partial charge in [0.2, 0.25) is 5.91 Å². The van der Waals surface area contributed by atoms with E-state index in [1.807, 2.05) is 5.38 Å². The third-order valence-corrected chi connectivity index (χ3v) is 2.69. The topological polar surface area (TPSA) is 68.0 Å². The molecule has 0 fully saturated rings. The van der Waals surface area contributed by atoms with Crippen LogP contribution in [-0.4, -0.2) is 16.9 Å². The molecular formula is C11H19N3OS. The zero-order valence-electron chi connectivity index (χ0n) is 9.99. The third-order valence-electron chi connectivity index (χ3n) is 2.00. The van der Waals surface area contributed by atoms with Crippen molar-refractivity contribution in [3.8, 4) is 0 Å². The molecule has 1 unspecified atom stereocenters. The maximum atomic E-state index is 11.6. The average Bonchev–Trinajstić information content (AvgIpc) is 2.51. The number of nitrogens with zero attached hydrogens (tertiary/aromatic N) is 1. The predicted molar refractivity (Wildman–Crippen MR) is 67.4 cm³/mol. The van der Waals surface area contributed by atoms with Crippen LogP contribution >= 0.6 is 11.3 Å². The molecule has 0 spiro atoms. The molecule has 0 bridgehead atoms. The number of anilines is 1. The molecule has 0 aliphatic carbocycles. The molecule has 0 aliphatic rings. The molecule has 0 radical (unpaired) electrons. The van der Waals surface area contributed by atoms with Gasteiger partial charge >= 0.3 is 0 Å². The zero-order chi connectivity index (χ0) is 12.2. The van der Waals surface area contributed by atoms with Gasteiger partial charge < -0.3 is 11.1 Å². The van der Waals surface area contributed by atoms with Crippen molar-refractivity contribution in [2.75, 3.05) is 5.32 Å². The molecule has 5 heteroatoms. The van der Waals surface area contributed by atoms with Crippen molar-refractivity contribution in [2.24, 2.45) is 11.1 Å². The van der Waals surface area contributed by atoms with E-state index in [4.69, 9.17) is 5.73 Å². The van der Waals surface area contributed by atoms with E-state index in [1.54, 1.807) is 6.20 Å². The summed E-state index contributed by atoms with van der Waals surface area (Å²) < 4.78 is 0. The van der Waals surface area contributed by atoms with Crippen LogP contribution in [-0.2, 0) is 4.79 Å². The molecular weight excluding hydrogens is 222 g/mol. The Kier molecular flexibility index (Phi) is 4.44. The van der Waals surface area contributed by atoms with Gasteiger partial charge in [0.1, 0.15) is 0 Å². The summed E-state index contributed by atoms with van der Waals surface area (Å²) in [5.41, 5.74) is 6.07. The lowest BCUT2D eigenvalue weighted by atomic mass is 9.87. The van der Waals surface area contributed by atoms with Crippen LogP contribution in [0.5, 0.6) is 0 Å². The molecule has 3 N–H and O–H groups in total. The van der Waals surface area contributed by atoms with Crippen molar-refractivity contribution < 1.29 is 4.79 Å². The lowest BCUT2D eigenvalue weighted by Gasteiger charge is -2.22. The van der Waals surface area contributed by atoms with Gasteiger partial charge in [0.05, 0.1) is 0 Å². The molecule has 1 amide bonds. The van der Waals surface area contributed by atoms with E-state index in [0.717, 1.165) is 6.42 Å². The number of nitrogens with two attached hydrogens (primary N) is 1. The summed E-state index contributed by atoms with van der Waals surface area (Å²) in [4.78, 5) is 15.6. The summed E-state index contributed by atoms with van der Waals surface area (Å²) in [6.07, 6.45) is 2.84. The van der Waals surface area contributed by atoms with Crippen molar-refractivity contribution in [3.05, 3.63) is 11.6 Å². The number of hydrogen-bond donors (Lipinski definition) is 2. The van der Waals surface area contributed by atoms with E-state index in [-0.39, 0.29) is 17.4 Å². The molecule has 1 aromatic heterocycles. The molecule has 0 aliphatic heterocycles. The van der Waals surface area contributed by atoms with Crippen molar-refractivity contribution in [1.82, 2.24) is 4.98 Å². The van der Waals surface area contributed by atoms with Gasteiger partial charge in [-0.1, -0.05) is 20.8 Å². The smallest absolute Gasteiger partial charge is 0.227 e. The number of carbonyl (C=O) groups is 1. The first-order valence-corrected chi connectivity index (χ1v) is 6.20. The van der Waals surface area contributed by atoms with Gasteiger partial charge in [-0.15, -0.1) is 11.3 Å². The molecule has 1 rings (SSSR count). The van der Waals surface area contributed by atoms with Crippen LogP contribution < -0.4 is 11.1 Å². The van der Waals surface area contributed by atoms with Gasteiger partial charge in [0.25, 0.3) is 0 Å². The first kappa shape index (κ1) is 13.1. The Morgan fingerprint density at radius 3 is 2.81 bits per heavy atom. The highest BCUT2D eigenvalue weighted by atomic mass is 32.1. The largest absolute Gasteiger partial charge is 0.327 e. The summed E-state index contributed by atoms with van der Waals surface area (Å²) >= 11 is 1.41. The summed E-state index contributed by atoms with van der Waals surface area (Å²) in [6, 6.07) is -0.0973. The van der Waals surface area contributed by atoms with E-state index < -0.39 is 0 Å². The molecule has 1 heterocycles. The predicted octanol–water partition coefficient (Wildman–Crippen LogP) is 2.24. The van der Waals surface area contributed by atoms with Crippen molar-refractivity contribution in [2.45, 2.75) is 39.7 Å². The third kappa shape index (κ3) is 5.23. The van der Waals surface area contributed by atoms with Gasteiger partial charge in [-0.2, -0.15) is 0 Å². The Balaban J connectivity index is 2.34. The lowest BCUT2D eigenvalue weighted by Crippen LogP contribution is -2.31. The van der Waals surface area contributed by atoms with E-state index in [9.17, 15) is 4.79 Å². The number of carbonyl (C=O) groups excluding carboxylic acids is 1. The molecule has 0 saturated heterocycles. The van der Waals surface area contributed by atoms with Crippen LogP contribution in [0, 0.1) is 5.41 Å². The van der Waals surface area contributed by atoms with E-state index in [2.05, 4.69) is 31.1 Å².